The van der Waals surface area contributed by atoms with E-state index in [1.54, 1.807) is 12.5 Å². The minimum Gasteiger partial charge on any atom is -0.383 e. The average molecular weight is 443 g/mol. The van der Waals surface area contributed by atoms with Gasteiger partial charge in [-0.3, -0.25) is 0 Å². The van der Waals surface area contributed by atoms with E-state index in [1.807, 2.05) is 65.4 Å². The van der Waals surface area contributed by atoms with Crippen molar-refractivity contribution in [2.75, 3.05) is 5.73 Å². The molecule has 0 aliphatic rings. The number of rotatable bonds is 3. The van der Waals surface area contributed by atoms with Gasteiger partial charge in [0, 0.05) is 28.1 Å². The molecule has 0 fully saturated rings. The summed E-state index contributed by atoms with van der Waals surface area (Å²) in [5.74, 6) is 0.416. The van der Waals surface area contributed by atoms with Crippen LogP contribution in [0, 0.1) is 0 Å². The Morgan fingerprint density at radius 3 is 2.55 bits per heavy atom. The van der Waals surface area contributed by atoms with Gasteiger partial charge >= 0.3 is 0 Å². The topological polar surface area (TPSA) is 82.5 Å². The standard InChI is InChI=1S/C22H15BrN6/c23-16-3-1-2-15(10-16)18-11-19(28-22-20(18)21(24)26-12-27-22)14-4-6-17(7-5-14)29-9-8-25-13-29/h1-13H,(H2,24,26,27,28). The van der Waals surface area contributed by atoms with Gasteiger partial charge in [0.25, 0.3) is 0 Å². The van der Waals surface area contributed by atoms with Crippen molar-refractivity contribution in [1.82, 2.24) is 24.5 Å². The van der Waals surface area contributed by atoms with Crippen LogP contribution in [0.15, 0.2) is 84.1 Å². The quantitative estimate of drug-likeness (QED) is 0.430. The van der Waals surface area contributed by atoms with E-state index in [1.165, 1.54) is 6.33 Å². The second-order valence-corrected chi connectivity index (χ2v) is 7.46. The molecule has 0 amide bonds. The van der Waals surface area contributed by atoms with Crippen molar-refractivity contribution in [3.63, 3.8) is 0 Å². The van der Waals surface area contributed by atoms with Crippen LogP contribution in [-0.2, 0) is 0 Å². The summed E-state index contributed by atoms with van der Waals surface area (Å²) in [7, 11) is 0. The molecule has 2 aromatic carbocycles. The van der Waals surface area contributed by atoms with Gasteiger partial charge in [-0.25, -0.2) is 19.9 Å². The smallest absolute Gasteiger partial charge is 0.165 e. The molecule has 0 radical (unpaired) electrons. The Hall–Kier alpha value is -3.58. The van der Waals surface area contributed by atoms with Gasteiger partial charge in [0.1, 0.15) is 12.1 Å². The van der Waals surface area contributed by atoms with E-state index < -0.39 is 0 Å². The lowest BCUT2D eigenvalue weighted by atomic mass is 10.00. The van der Waals surface area contributed by atoms with Crippen LogP contribution >= 0.6 is 15.9 Å². The molecule has 0 saturated heterocycles. The third-order valence-corrected chi connectivity index (χ3v) is 5.23. The van der Waals surface area contributed by atoms with E-state index in [9.17, 15) is 0 Å². The van der Waals surface area contributed by atoms with Crippen molar-refractivity contribution >= 4 is 32.8 Å². The first-order chi connectivity index (χ1) is 14.2. The summed E-state index contributed by atoms with van der Waals surface area (Å²) in [6.45, 7) is 0. The van der Waals surface area contributed by atoms with Crippen molar-refractivity contribution in [1.29, 1.82) is 0 Å². The van der Waals surface area contributed by atoms with Crippen LogP contribution in [0.2, 0.25) is 0 Å². The summed E-state index contributed by atoms with van der Waals surface area (Å²) in [6, 6.07) is 18.3. The number of nitrogens with zero attached hydrogens (tertiary/aromatic N) is 5. The van der Waals surface area contributed by atoms with Crippen LogP contribution in [0.3, 0.4) is 0 Å². The van der Waals surface area contributed by atoms with Crippen LogP contribution in [0.4, 0.5) is 5.82 Å². The second kappa shape index (κ2) is 7.10. The third-order valence-electron chi connectivity index (χ3n) is 4.73. The number of nitrogen functional groups attached to an aromatic ring is 1. The predicted molar refractivity (Wildman–Crippen MR) is 117 cm³/mol. The predicted octanol–water partition coefficient (Wildman–Crippen LogP) is 4.89. The maximum absolute atomic E-state index is 6.18. The molecule has 0 saturated carbocycles. The highest BCUT2D eigenvalue weighted by atomic mass is 79.9. The average Bonchev–Trinajstić information content (AvgIpc) is 3.28. The monoisotopic (exact) mass is 442 g/mol. The maximum atomic E-state index is 6.18. The number of imidazole rings is 1. The largest absolute Gasteiger partial charge is 0.383 e. The fourth-order valence-corrected chi connectivity index (χ4v) is 3.73. The SMILES string of the molecule is Nc1ncnc2nc(-c3ccc(-n4ccnc4)cc3)cc(-c3cccc(Br)c3)c12. The van der Waals surface area contributed by atoms with E-state index in [2.05, 4.69) is 30.9 Å². The third kappa shape index (κ3) is 3.25. The van der Waals surface area contributed by atoms with Gasteiger partial charge in [0.05, 0.1) is 17.4 Å². The summed E-state index contributed by atoms with van der Waals surface area (Å²) in [5.41, 5.74) is 11.6. The number of hydrogen-bond acceptors (Lipinski definition) is 5. The highest BCUT2D eigenvalue weighted by molar-refractivity contribution is 9.10. The number of benzene rings is 2. The van der Waals surface area contributed by atoms with Gasteiger partial charge in [0.15, 0.2) is 5.65 Å². The molecule has 0 aliphatic carbocycles. The summed E-state index contributed by atoms with van der Waals surface area (Å²) in [5, 5.41) is 0.754. The lowest BCUT2D eigenvalue weighted by molar-refractivity contribution is 1.06. The van der Waals surface area contributed by atoms with Gasteiger partial charge in [-0.05, 0) is 41.5 Å². The normalized spacial score (nSPS) is 11.1. The zero-order valence-corrected chi connectivity index (χ0v) is 16.8. The van der Waals surface area contributed by atoms with Gasteiger partial charge in [0.2, 0.25) is 0 Å². The van der Waals surface area contributed by atoms with Gasteiger partial charge in [-0.15, -0.1) is 0 Å². The molecule has 0 atom stereocenters. The zero-order chi connectivity index (χ0) is 19.8. The van der Waals surface area contributed by atoms with E-state index in [-0.39, 0.29) is 0 Å². The van der Waals surface area contributed by atoms with E-state index in [0.29, 0.717) is 11.5 Å². The highest BCUT2D eigenvalue weighted by Gasteiger charge is 2.14. The number of anilines is 1. The van der Waals surface area contributed by atoms with Crippen LogP contribution in [0.1, 0.15) is 0 Å². The number of pyridine rings is 1. The van der Waals surface area contributed by atoms with Gasteiger partial charge in [-0.1, -0.05) is 40.2 Å². The fraction of sp³-hybridized carbons (Fsp3) is 0. The van der Waals surface area contributed by atoms with Crippen molar-refractivity contribution < 1.29 is 0 Å². The molecule has 0 spiro atoms. The Morgan fingerprint density at radius 2 is 1.79 bits per heavy atom. The van der Waals surface area contributed by atoms with Crippen LogP contribution in [0.25, 0.3) is 39.1 Å². The van der Waals surface area contributed by atoms with Crippen LogP contribution in [0.5, 0.6) is 0 Å². The Kier molecular flexibility index (Phi) is 4.29. The molecule has 0 bridgehead atoms. The van der Waals surface area contributed by atoms with Crippen LogP contribution < -0.4 is 5.73 Å². The summed E-state index contributed by atoms with van der Waals surface area (Å²) < 4.78 is 2.94. The van der Waals surface area contributed by atoms with Gasteiger partial charge in [-0.2, -0.15) is 0 Å². The zero-order valence-electron chi connectivity index (χ0n) is 15.2. The number of hydrogen-bond donors (Lipinski definition) is 1. The fourth-order valence-electron chi connectivity index (χ4n) is 3.34. The molecule has 3 aromatic heterocycles. The number of halogens is 1. The van der Waals surface area contributed by atoms with Crippen LogP contribution in [-0.4, -0.2) is 24.5 Å². The lowest BCUT2D eigenvalue weighted by Crippen LogP contribution is -1.99. The van der Waals surface area contributed by atoms with E-state index in [0.717, 1.165) is 37.9 Å². The minimum atomic E-state index is 0.416. The van der Waals surface area contributed by atoms with Crippen molar-refractivity contribution in [3.8, 4) is 28.1 Å². The summed E-state index contributed by atoms with van der Waals surface area (Å²) in [6.07, 6.45) is 6.89. The first-order valence-electron chi connectivity index (χ1n) is 8.95. The maximum Gasteiger partial charge on any atom is 0.165 e. The molecule has 2 N–H and O–H groups in total. The molecular weight excluding hydrogens is 428 g/mol. The molecule has 29 heavy (non-hydrogen) atoms. The number of nitrogens with two attached hydrogens (primary N) is 1. The number of aromatic nitrogens is 5. The lowest BCUT2D eigenvalue weighted by Gasteiger charge is -2.12. The molecule has 0 unspecified atom stereocenters. The molecule has 6 nitrogen and oxygen atoms in total. The molecule has 0 aliphatic heterocycles. The second-order valence-electron chi connectivity index (χ2n) is 6.54. The first-order valence-corrected chi connectivity index (χ1v) is 9.74. The van der Waals surface area contributed by atoms with Crippen molar-refractivity contribution in [2.45, 2.75) is 0 Å². The first kappa shape index (κ1) is 17.5. The summed E-state index contributed by atoms with van der Waals surface area (Å²) >= 11 is 3.55. The molecular formula is C22H15BrN6. The molecule has 3 heterocycles. The molecule has 140 valence electrons. The van der Waals surface area contributed by atoms with Crippen molar-refractivity contribution in [3.05, 3.63) is 84.1 Å². The van der Waals surface area contributed by atoms with Crippen molar-refractivity contribution in [2.24, 2.45) is 0 Å². The highest BCUT2D eigenvalue weighted by Crippen LogP contribution is 2.34. The Labute approximate surface area is 175 Å². The number of fused-ring (bicyclic) bond motifs is 1. The van der Waals surface area contributed by atoms with Gasteiger partial charge < -0.3 is 10.3 Å². The molecule has 5 rings (SSSR count). The van der Waals surface area contributed by atoms with E-state index >= 15 is 0 Å². The Bertz CT molecular complexity index is 1310. The Morgan fingerprint density at radius 1 is 0.931 bits per heavy atom. The molecule has 7 heteroatoms. The minimum absolute atomic E-state index is 0.416. The van der Waals surface area contributed by atoms with E-state index in [4.69, 9.17) is 10.7 Å². The summed E-state index contributed by atoms with van der Waals surface area (Å²) in [4.78, 5) is 17.4. The Balaban J connectivity index is 1.69. The molecule has 5 aromatic rings.